The topological polar surface area (TPSA) is 78.0 Å². The zero-order chi connectivity index (χ0) is 14.8. The SMILES string of the molecule is O=c1[nH]c2ccc(Cl)cc2cc1CNc1cccnc1O. The first-order valence-corrected chi connectivity index (χ1v) is 6.70. The number of hydrogen-bond acceptors (Lipinski definition) is 4. The highest BCUT2D eigenvalue weighted by Crippen LogP contribution is 2.20. The number of aromatic amines is 1. The lowest BCUT2D eigenvalue weighted by atomic mass is 10.1. The van der Waals surface area contributed by atoms with Crippen molar-refractivity contribution in [2.45, 2.75) is 6.54 Å². The minimum atomic E-state index is -0.180. The van der Waals surface area contributed by atoms with Crippen LogP contribution in [0.1, 0.15) is 5.56 Å². The van der Waals surface area contributed by atoms with Gasteiger partial charge in [0, 0.05) is 34.2 Å². The first-order chi connectivity index (χ1) is 10.1. The maximum Gasteiger partial charge on any atom is 0.253 e. The van der Waals surface area contributed by atoms with Crippen molar-refractivity contribution in [3.63, 3.8) is 0 Å². The second-order valence-corrected chi connectivity index (χ2v) is 5.02. The fourth-order valence-corrected chi connectivity index (χ4v) is 2.26. The van der Waals surface area contributed by atoms with Gasteiger partial charge in [-0.3, -0.25) is 4.79 Å². The minimum Gasteiger partial charge on any atom is -0.492 e. The fourth-order valence-electron chi connectivity index (χ4n) is 2.08. The molecule has 0 saturated carbocycles. The molecular formula is C15H12ClN3O2. The molecule has 3 N–H and O–H groups in total. The minimum absolute atomic E-state index is 0.0993. The number of rotatable bonds is 3. The number of anilines is 1. The van der Waals surface area contributed by atoms with Crippen LogP contribution >= 0.6 is 11.6 Å². The zero-order valence-electron chi connectivity index (χ0n) is 10.9. The molecule has 0 fully saturated rings. The van der Waals surface area contributed by atoms with E-state index in [4.69, 9.17) is 11.6 Å². The van der Waals surface area contributed by atoms with Gasteiger partial charge in [0.15, 0.2) is 0 Å². The van der Waals surface area contributed by atoms with Crippen molar-refractivity contribution in [2.24, 2.45) is 0 Å². The Bertz CT molecular complexity index is 861. The highest BCUT2D eigenvalue weighted by molar-refractivity contribution is 6.31. The van der Waals surface area contributed by atoms with E-state index in [-0.39, 0.29) is 18.0 Å². The monoisotopic (exact) mass is 301 g/mol. The van der Waals surface area contributed by atoms with E-state index >= 15 is 0 Å². The Morgan fingerprint density at radius 3 is 2.95 bits per heavy atom. The molecule has 2 heterocycles. The number of nitrogens with one attached hydrogen (secondary N) is 2. The number of hydrogen-bond donors (Lipinski definition) is 3. The van der Waals surface area contributed by atoms with Gasteiger partial charge in [-0.15, -0.1) is 0 Å². The number of benzene rings is 1. The Balaban J connectivity index is 1.92. The van der Waals surface area contributed by atoms with Crippen molar-refractivity contribution in [1.29, 1.82) is 0 Å². The van der Waals surface area contributed by atoms with Gasteiger partial charge in [0.25, 0.3) is 5.56 Å². The van der Waals surface area contributed by atoms with Gasteiger partial charge in [-0.05, 0) is 36.4 Å². The molecule has 6 heteroatoms. The van der Waals surface area contributed by atoms with Crippen molar-refractivity contribution >= 4 is 28.2 Å². The Labute approximate surface area is 125 Å². The van der Waals surface area contributed by atoms with E-state index in [0.29, 0.717) is 16.3 Å². The average molecular weight is 302 g/mol. The summed E-state index contributed by atoms with van der Waals surface area (Å²) in [5, 5.41) is 14.0. The summed E-state index contributed by atoms with van der Waals surface area (Å²) in [5.74, 6) is -0.0993. The van der Waals surface area contributed by atoms with Crippen LogP contribution in [0.5, 0.6) is 5.88 Å². The van der Waals surface area contributed by atoms with Gasteiger partial charge >= 0.3 is 0 Å². The molecule has 0 spiro atoms. The number of pyridine rings is 2. The van der Waals surface area contributed by atoms with Crippen molar-refractivity contribution in [3.05, 3.63) is 63.5 Å². The molecule has 106 valence electrons. The normalized spacial score (nSPS) is 10.7. The van der Waals surface area contributed by atoms with Crippen LogP contribution in [0.25, 0.3) is 10.9 Å². The maximum atomic E-state index is 12.0. The first kappa shape index (κ1) is 13.5. The molecule has 0 aliphatic heterocycles. The average Bonchev–Trinajstić information content (AvgIpc) is 2.47. The zero-order valence-corrected chi connectivity index (χ0v) is 11.7. The largest absolute Gasteiger partial charge is 0.492 e. The molecule has 21 heavy (non-hydrogen) atoms. The molecule has 5 nitrogen and oxygen atoms in total. The Kier molecular flexibility index (Phi) is 3.50. The van der Waals surface area contributed by atoms with Crippen LogP contribution in [-0.2, 0) is 6.54 Å². The van der Waals surface area contributed by atoms with Gasteiger partial charge in [0.05, 0.1) is 5.69 Å². The van der Waals surface area contributed by atoms with Crippen molar-refractivity contribution in [2.75, 3.05) is 5.32 Å². The van der Waals surface area contributed by atoms with E-state index in [1.165, 1.54) is 6.20 Å². The van der Waals surface area contributed by atoms with Gasteiger partial charge in [-0.25, -0.2) is 4.98 Å². The second-order valence-electron chi connectivity index (χ2n) is 4.58. The molecule has 0 bridgehead atoms. The Morgan fingerprint density at radius 1 is 1.29 bits per heavy atom. The molecule has 3 rings (SSSR count). The van der Waals surface area contributed by atoms with Gasteiger partial charge in [-0.2, -0.15) is 0 Å². The molecule has 1 aromatic carbocycles. The lowest BCUT2D eigenvalue weighted by Gasteiger charge is -2.08. The smallest absolute Gasteiger partial charge is 0.253 e. The summed E-state index contributed by atoms with van der Waals surface area (Å²) < 4.78 is 0. The first-order valence-electron chi connectivity index (χ1n) is 6.33. The highest BCUT2D eigenvalue weighted by Gasteiger charge is 2.05. The van der Waals surface area contributed by atoms with Crippen molar-refractivity contribution in [3.8, 4) is 5.88 Å². The summed E-state index contributed by atoms with van der Waals surface area (Å²) in [6, 6.07) is 10.5. The lowest BCUT2D eigenvalue weighted by Crippen LogP contribution is -2.15. The van der Waals surface area contributed by atoms with Crippen LogP contribution in [0, 0.1) is 0 Å². The van der Waals surface area contributed by atoms with E-state index in [0.717, 1.165) is 10.9 Å². The molecule has 0 atom stereocenters. The predicted octanol–water partition coefficient (Wildman–Crippen LogP) is 2.89. The molecular weight excluding hydrogens is 290 g/mol. The summed E-state index contributed by atoms with van der Waals surface area (Å²) in [6.07, 6.45) is 1.49. The van der Waals surface area contributed by atoms with Gasteiger partial charge in [-0.1, -0.05) is 11.6 Å². The number of aromatic nitrogens is 2. The third-order valence-corrected chi connectivity index (χ3v) is 3.37. The van der Waals surface area contributed by atoms with Crippen LogP contribution in [0.15, 0.2) is 47.4 Å². The van der Waals surface area contributed by atoms with Crippen molar-refractivity contribution < 1.29 is 5.11 Å². The standard InChI is InChI=1S/C15H12ClN3O2/c16-11-3-4-12-9(7-11)6-10(14(20)19-12)8-18-13-2-1-5-17-15(13)21/h1-7,18H,8H2,(H,17,21)(H,19,20). The molecule has 0 radical (unpaired) electrons. The van der Waals surface area contributed by atoms with Gasteiger partial charge in [0.2, 0.25) is 5.88 Å². The van der Waals surface area contributed by atoms with Gasteiger partial charge < -0.3 is 15.4 Å². The van der Waals surface area contributed by atoms with Gasteiger partial charge in [0.1, 0.15) is 0 Å². The summed E-state index contributed by atoms with van der Waals surface area (Å²) in [5.41, 5.74) is 1.58. The van der Waals surface area contributed by atoms with Crippen LogP contribution in [0.3, 0.4) is 0 Å². The predicted molar refractivity (Wildman–Crippen MR) is 82.8 cm³/mol. The van der Waals surface area contributed by atoms with Crippen LogP contribution in [0.2, 0.25) is 5.02 Å². The van der Waals surface area contributed by atoms with Crippen LogP contribution < -0.4 is 10.9 Å². The summed E-state index contributed by atoms with van der Waals surface area (Å²) in [6.45, 7) is 0.275. The van der Waals surface area contributed by atoms with E-state index in [1.807, 2.05) is 0 Å². The summed E-state index contributed by atoms with van der Waals surface area (Å²) in [7, 11) is 0. The molecule has 0 amide bonds. The second kappa shape index (κ2) is 5.46. The molecule has 0 saturated heterocycles. The number of H-pyrrole nitrogens is 1. The molecule has 0 aliphatic rings. The highest BCUT2D eigenvalue weighted by atomic mass is 35.5. The fraction of sp³-hybridized carbons (Fsp3) is 0.0667. The molecule has 2 aromatic heterocycles. The maximum absolute atomic E-state index is 12.0. The number of halogens is 1. The van der Waals surface area contributed by atoms with E-state index < -0.39 is 0 Å². The van der Waals surface area contributed by atoms with E-state index in [2.05, 4.69) is 15.3 Å². The molecule has 0 unspecified atom stereocenters. The third-order valence-electron chi connectivity index (χ3n) is 3.14. The van der Waals surface area contributed by atoms with Crippen LogP contribution in [-0.4, -0.2) is 15.1 Å². The lowest BCUT2D eigenvalue weighted by molar-refractivity contribution is 0.455. The summed E-state index contributed by atoms with van der Waals surface area (Å²) >= 11 is 5.96. The third kappa shape index (κ3) is 2.83. The molecule has 3 aromatic rings. The number of nitrogens with zero attached hydrogens (tertiary/aromatic N) is 1. The van der Waals surface area contributed by atoms with Crippen LogP contribution in [0.4, 0.5) is 5.69 Å². The van der Waals surface area contributed by atoms with E-state index in [9.17, 15) is 9.90 Å². The summed E-state index contributed by atoms with van der Waals surface area (Å²) in [4.78, 5) is 18.6. The quantitative estimate of drug-likeness (QED) is 0.695. The Hall–Kier alpha value is -2.53. The van der Waals surface area contributed by atoms with E-state index in [1.54, 1.807) is 36.4 Å². The number of aromatic hydroxyl groups is 1. The van der Waals surface area contributed by atoms with Crippen molar-refractivity contribution in [1.82, 2.24) is 9.97 Å². The number of fused-ring (bicyclic) bond motifs is 1. The Morgan fingerprint density at radius 2 is 2.14 bits per heavy atom. The molecule has 0 aliphatic carbocycles.